The Morgan fingerprint density at radius 1 is 0.795 bits per heavy atom. The molecular formula is C53H83N9O10S. The number of urea groups is 1. The number of amides is 8. The number of sulfonamides is 1. The first-order chi connectivity index (χ1) is 33.5. The molecule has 3 rings (SSSR count). The van der Waals surface area contributed by atoms with Gasteiger partial charge < -0.3 is 42.4 Å². The summed E-state index contributed by atoms with van der Waals surface area (Å²) in [4.78, 5) is 96.7. The first kappa shape index (κ1) is 61.3. The van der Waals surface area contributed by atoms with Gasteiger partial charge in [0.05, 0.1) is 23.4 Å². The number of hydrogen-bond acceptors (Lipinski definition) is 11. The SMILES string of the molecule is C/C(=C\C(C(C)C)N(C)C(=O)C(NC(=O)C(N(C)C(=O)OC(C)(C)C)C(C)(C)c1ccccc1)C(C)(C)C)C(=O)NS(=O)(=O)Cc1ccc(C2(NC(=O)C(CCCNC(N)=O)NC(=O)C(N)C(C)C)CC2)cc1. The van der Waals surface area contributed by atoms with Crippen LogP contribution in [-0.4, -0.2) is 116 Å². The highest BCUT2D eigenvalue weighted by molar-refractivity contribution is 7.89. The van der Waals surface area contributed by atoms with Crippen LogP contribution in [0.2, 0.25) is 0 Å². The minimum Gasteiger partial charge on any atom is -0.444 e. The van der Waals surface area contributed by atoms with E-state index in [-0.39, 0.29) is 30.4 Å². The van der Waals surface area contributed by atoms with Gasteiger partial charge in [0.1, 0.15) is 23.7 Å². The van der Waals surface area contributed by atoms with Crippen LogP contribution in [0.25, 0.3) is 0 Å². The second-order valence-corrected chi connectivity index (χ2v) is 24.4. The van der Waals surface area contributed by atoms with E-state index in [0.29, 0.717) is 24.8 Å². The number of carbonyl (C=O) groups is 7. The number of carbonyl (C=O) groups excluding carboxylic acids is 7. The molecule has 1 aliphatic rings. The van der Waals surface area contributed by atoms with E-state index in [0.717, 1.165) is 11.1 Å². The van der Waals surface area contributed by atoms with Gasteiger partial charge >= 0.3 is 12.1 Å². The zero-order chi connectivity index (χ0) is 55.6. The maximum absolute atomic E-state index is 14.6. The van der Waals surface area contributed by atoms with E-state index in [4.69, 9.17) is 16.2 Å². The fourth-order valence-electron chi connectivity index (χ4n) is 8.44. The monoisotopic (exact) mass is 1040 g/mol. The molecule has 0 radical (unpaired) electrons. The Labute approximate surface area is 433 Å². The number of rotatable bonds is 23. The van der Waals surface area contributed by atoms with Gasteiger partial charge in [0.2, 0.25) is 33.7 Å². The summed E-state index contributed by atoms with van der Waals surface area (Å²) in [7, 11) is -1.20. The van der Waals surface area contributed by atoms with Crippen molar-refractivity contribution in [2.75, 3.05) is 20.6 Å². The highest BCUT2D eigenvalue weighted by Gasteiger charge is 2.48. The van der Waals surface area contributed by atoms with Crippen LogP contribution in [0.15, 0.2) is 66.2 Å². The molecule has 0 saturated heterocycles. The largest absolute Gasteiger partial charge is 0.444 e. The normalized spacial score (nSPS) is 15.9. The Hall–Kier alpha value is -6.02. The number of nitrogens with two attached hydrogens (primary N) is 2. The lowest BCUT2D eigenvalue weighted by Gasteiger charge is -2.42. The zero-order valence-corrected chi connectivity index (χ0v) is 46.4. The van der Waals surface area contributed by atoms with Crippen LogP contribution in [0.1, 0.15) is 132 Å². The molecule has 8 amide bonds. The molecule has 0 heterocycles. The molecule has 1 fully saturated rings. The smallest absolute Gasteiger partial charge is 0.410 e. The van der Waals surface area contributed by atoms with Crippen molar-refractivity contribution in [2.24, 2.45) is 28.7 Å². The summed E-state index contributed by atoms with van der Waals surface area (Å²) in [5.74, 6) is -3.86. The van der Waals surface area contributed by atoms with E-state index in [1.54, 1.807) is 86.7 Å². The molecule has 0 aliphatic heterocycles. The van der Waals surface area contributed by atoms with Crippen LogP contribution in [0.3, 0.4) is 0 Å². The summed E-state index contributed by atoms with van der Waals surface area (Å²) in [6.45, 7) is 23.2. The van der Waals surface area contributed by atoms with Crippen LogP contribution in [0.4, 0.5) is 9.59 Å². The maximum Gasteiger partial charge on any atom is 0.410 e. The van der Waals surface area contributed by atoms with Gasteiger partial charge in [-0.05, 0) is 87.3 Å². The van der Waals surface area contributed by atoms with E-state index in [2.05, 4.69) is 26.0 Å². The first-order valence-electron chi connectivity index (χ1n) is 24.9. The molecular weight excluding hydrogens is 955 g/mol. The molecule has 1 saturated carbocycles. The second-order valence-electron chi connectivity index (χ2n) is 22.6. The van der Waals surface area contributed by atoms with Gasteiger partial charge in [0, 0.05) is 31.6 Å². The Morgan fingerprint density at radius 3 is 1.86 bits per heavy atom. The van der Waals surface area contributed by atoms with Gasteiger partial charge in [-0.1, -0.05) is 123 Å². The summed E-state index contributed by atoms with van der Waals surface area (Å²) in [5, 5.41) is 11.2. The Kier molecular flexibility index (Phi) is 20.8. The van der Waals surface area contributed by atoms with Crippen molar-refractivity contribution < 1.29 is 46.7 Å². The first-order valence-corrected chi connectivity index (χ1v) is 26.5. The summed E-state index contributed by atoms with van der Waals surface area (Å²) >= 11 is 0. The van der Waals surface area contributed by atoms with Gasteiger partial charge in [-0.25, -0.2) is 22.7 Å². The average molecular weight is 1040 g/mol. The van der Waals surface area contributed by atoms with Crippen LogP contribution < -0.4 is 37.5 Å². The molecule has 5 atom stereocenters. The number of primary amides is 1. The van der Waals surface area contributed by atoms with Gasteiger partial charge in [-0.2, -0.15) is 0 Å². The summed E-state index contributed by atoms with van der Waals surface area (Å²) in [6, 6.07) is 10.4. The highest BCUT2D eigenvalue weighted by Crippen LogP contribution is 2.45. The lowest BCUT2D eigenvalue weighted by molar-refractivity contribution is -0.141. The van der Waals surface area contributed by atoms with Gasteiger partial charge in [-0.3, -0.25) is 28.9 Å². The predicted molar refractivity (Wildman–Crippen MR) is 282 cm³/mol. The van der Waals surface area contributed by atoms with Crippen LogP contribution in [-0.2, 0) is 55.4 Å². The second kappa shape index (κ2) is 24.8. The van der Waals surface area contributed by atoms with Crippen LogP contribution in [0.5, 0.6) is 0 Å². The molecule has 0 aromatic heterocycles. The third-order valence-electron chi connectivity index (χ3n) is 13.0. The quantitative estimate of drug-likeness (QED) is 0.0585. The molecule has 406 valence electrons. The standard InChI is InChI=1S/C53H83N9O10S/c1-32(2)39(61(14)47(67)41(50(6,7)8)58-46(66)42(62(15)49(69)72-51(9,10)11)52(12,13)36-20-17-16-18-21-36)30-34(5)43(63)60-73(70,71)31-35-23-25-37(26-24-35)53(27-28-53)59-44(64)38(22-19-29-56-48(55)68)57-45(65)40(54)33(3)4/h16-18,20-21,23-26,30,32-33,38-42H,19,22,27-29,31,54H2,1-15H3,(H,57,65)(H,58,66)(H,59,64)(H,60,63)(H3,55,56,68)/b34-30+. The number of ether oxygens (including phenoxy) is 1. The molecule has 73 heavy (non-hydrogen) atoms. The summed E-state index contributed by atoms with van der Waals surface area (Å²) in [6.07, 6.45) is 2.55. The molecule has 19 nitrogen and oxygen atoms in total. The predicted octanol–water partition coefficient (Wildman–Crippen LogP) is 4.83. The van der Waals surface area contributed by atoms with Crippen molar-refractivity contribution >= 4 is 51.7 Å². The van der Waals surface area contributed by atoms with Crippen molar-refractivity contribution in [1.82, 2.24) is 35.8 Å². The molecule has 2 aromatic carbocycles. The number of nitrogens with one attached hydrogen (secondary N) is 5. The van der Waals surface area contributed by atoms with E-state index in [1.165, 1.54) is 29.8 Å². The summed E-state index contributed by atoms with van der Waals surface area (Å²) < 4.78 is 34.8. The van der Waals surface area contributed by atoms with Gasteiger partial charge in [0.25, 0.3) is 5.91 Å². The fraction of sp³-hybridized carbons (Fsp3) is 0.604. The number of hydrogen-bond donors (Lipinski definition) is 7. The Morgan fingerprint density at radius 2 is 1.37 bits per heavy atom. The van der Waals surface area contributed by atoms with E-state index in [1.807, 2.05) is 58.0 Å². The van der Waals surface area contributed by atoms with E-state index in [9.17, 15) is 42.0 Å². The van der Waals surface area contributed by atoms with Crippen molar-refractivity contribution in [3.63, 3.8) is 0 Å². The molecule has 20 heteroatoms. The Balaban J connectivity index is 1.79. The lowest BCUT2D eigenvalue weighted by atomic mass is 9.76. The van der Waals surface area contributed by atoms with E-state index >= 15 is 0 Å². The molecule has 1 aliphatic carbocycles. The van der Waals surface area contributed by atoms with E-state index < -0.39 is 110 Å². The van der Waals surface area contributed by atoms with Crippen molar-refractivity contribution in [3.05, 3.63) is 82.9 Å². The number of nitrogens with zero attached hydrogens (tertiary/aromatic N) is 2. The summed E-state index contributed by atoms with van der Waals surface area (Å²) in [5.41, 5.74) is 9.72. The van der Waals surface area contributed by atoms with Crippen molar-refractivity contribution in [2.45, 2.75) is 168 Å². The van der Waals surface area contributed by atoms with Crippen LogP contribution >= 0.6 is 0 Å². The maximum atomic E-state index is 14.6. The van der Waals surface area contributed by atoms with Crippen LogP contribution in [0, 0.1) is 17.3 Å². The fourth-order valence-corrected chi connectivity index (χ4v) is 9.59. The zero-order valence-electron chi connectivity index (χ0n) is 45.6. The minimum absolute atomic E-state index is 0.0357. The lowest BCUT2D eigenvalue weighted by Crippen LogP contribution is -2.63. The molecule has 9 N–H and O–H groups in total. The highest BCUT2D eigenvalue weighted by atomic mass is 32.2. The number of benzene rings is 2. The van der Waals surface area contributed by atoms with Gasteiger partial charge in [-0.15, -0.1) is 0 Å². The molecule has 0 spiro atoms. The Bertz CT molecular complexity index is 2420. The molecule has 2 aromatic rings. The average Bonchev–Trinajstić information content (AvgIpc) is 4.06. The minimum atomic E-state index is -4.25. The van der Waals surface area contributed by atoms with Crippen molar-refractivity contribution in [3.8, 4) is 0 Å². The molecule has 5 unspecified atom stereocenters. The van der Waals surface area contributed by atoms with Gasteiger partial charge in [0.15, 0.2) is 0 Å². The topological polar surface area (TPSA) is 282 Å². The third kappa shape index (κ3) is 17.6. The van der Waals surface area contributed by atoms with Crippen molar-refractivity contribution in [1.29, 1.82) is 0 Å². The third-order valence-corrected chi connectivity index (χ3v) is 14.2. The number of likely N-dealkylation sites (N-methyl/N-ethyl adjacent to an activating group) is 2. The molecule has 0 bridgehead atoms.